The molecule has 8 heteroatoms. The Morgan fingerprint density at radius 1 is 1.19 bits per heavy atom. The molecule has 1 fully saturated rings. The summed E-state index contributed by atoms with van der Waals surface area (Å²) >= 11 is 6.47. The molecule has 7 nitrogen and oxygen atoms in total. The average Bonchev–Trinajstić information content (AvgIpc) is 3.19. The zero-order chi connectivity index (χ0) is 22.7. The van der Waals surface area contributed by atoms with Gasteiger partial charge in [0.25, 0.3) is 0 Å². The number of methoxy groups -OCH3 is 1. The predicted molar refractivity (Wildman–Crippen MR) is 120 cm³/mol. The molecule has 1 aliphatic heterocycles. The molecule has 1 aromatic heterocycles. The SMILES string of the molecule is COC(=O)C(C)(C)OCc1cc(-c2cccc(OC3COC3)c2)n(-c2ccccc2Cl)n1. The van der Waals surface area contributed by atoms with Crippen molar-refractivity contribution in [3.63, 3.8) is 0 Å². The highest BCUT2D eigenvalue weighted by molar-refractivity contribution is 6.32. The summed E-state index contributed by atoms with van der Waals surface area (Å²) < 4.78 is 23.6. The van der Waals surface area contributed by atoms with Gasteiger partial charge in [-0.25, -0.2) is 9.48 Å². The summed E-state index contributed by atoms with van der Waals surface area (Å²) in [4.78, 5) is 12.0. The lowest BCUT2D eigenvalue weighted by Crippen LogP contribution is -2.38. The van der Waals surface area contributed by atoms with Crippen molar-refractivity contribution >= 4 is 17.6 Å². The summed E-state index contributed by atoms with van der Waals surface area (Å²) in [6.07, 6.45) is 0.0724. The van der Waals surface area contributed by atoms with Crippen LogP contribution in [0.2, 0.25) is 5.02 Å². The van der Waals surface area contributed by atoms with Crippen LogP contribution in [0.5, 0.6) is 5.75 Å². The second-order valence-corrected chi connectivity index (χ2v) is 8.39. The van der Waals surface area contributed by atoms with E-state index in [0.717, 1.165) is 22.7 Å². The Morgan fingerprint density at radius 2 is 1.97 bits per heavy atom. The van der Waals surface area contributed by atoms with Crippen LogP contribution in [0.15, 0.2) is 54.6 Å². The lowest BCUT2D eigenvalue weighted by molar-refractivity contribution is -0.166. The van der Waals surface area contributed by atoms with Gasteiger partial charge >= 0.3 is 5.97 Å². The normalized spacial score (nSPS) is 14.1. The van der Waals surface area contributed by atoms with E-state index in [1.54, 1.807) is 18.5 Å². The van der Waals surface area contributed by atoms with Crippen molar-refractivity contribution in [2.24, 2.45) is 0 Å². The molecule has 0 atom stereocenters. The number of nitrogens with zero attached hydrogens (tertiary/aromatic N) is 2. The van der Waals surface area contributed by atoms with Gasteiger partial charge in [0, 0.05) is 5.56 Å². The van der Waals surface area contributed by atoms with Crippen LogP contribution >= 0.6 is 11.6 Å². The molecule has 4 rings (SSSR count). The van der Waals surface area contributed by atoms with Gasteiger partial charge in [-0.15, -0.1) is 0 Å². The Kier molecular flexibility index (Phi) is 6.50. The minimum Gasteiger partial charge on any atom is -0.486 e. The first-order valence-corrected chi connectivity index (χ1v) is 10.7. The minimum absolute atomic E-state index is 0.0724. The third-order valence-corrected chi connectivity index (χ3v) is 5.46. The summed E-state index contributed by atoms with van der Waals surface area (Å²) in [6.45, 7) is 4.65. The quantitative estimate of drug-likeness (QED) is 0.467. The Balaban J connectivity index is 1.68. The number of hydrogen-bond donors (Lipinski definition) is 0. The number of benzene rings is 2. The fraction of sp³-hybridized carbons (Fsp3) is 0.333. The maximum atomic E-state index is 12.0. The van der Waals surface area contributed by atoms with Crippen molar-refractivity contribution in [1.82, 2.24) is 9.78 Å². The molecule has 0 aliphatic carbocycles. The Hall–Kier alpha value is -2.87. The van der Waals surface area contributed by atoms with E-state index in [1.807, 2.05) is 54.6 Å². The van der Waals surface area contributed by atoms with Gasteiger partial charge in [-0.3, -0.25) is 0 Å². The van der Waals surface area contributed by atoms with Gasteiger partial charge in [0.1, 0.15) is 11.9 Å². The summed E-state index contributed by atoms with van der Waals surface area (Å²) in [5.41, 5.74) is 2.02. The molecule has 1 saturated heterocycles. The molecule has 0 N–H and O–H groups in total. The molecule has 0 radical (unpaired) electrons. The monoisotopic (exact) mass is 456 g/mol. The number of rotatable bonds is 8. The topological polar surface area (TPSA) is 71.8 Å². The molecule has 1 aliphatic rings. The van der Waals surface area contributed by atoms with Gasteiger partial charge in [0.2, 0.25) is 0 Å². The average molecular weight is 457 g/mol. The van der Waals surface area contributed by atoms with Crippen LogP contribution in [-0.2, 0) is 25.6 Å². The molecule has 0 spiro atoms. The van der Waals surface area contributed by atoms with Crippen molar-refractivity contribution < 1.29 is 23.7 Å². The lowest BCUT2D eigenvalue weighted by atomic mass is 10.1. The first kappa shape index (κ1) is 22.3. The molecule has 0 bridgehead atoms. The highest BCUT2D eigenvalue weighted by Crippen LogP contribution is 2.31. The van der Waals surface area contributed by atoms with E-state index in [2.05, 4.69) is 0 Å². The third-order valence-electron chi connectivity index (χ3n) is 5.14. The number of aromatic nitrogens is 2. The van der Waals surface area contributed by atoms with Crippen LogP contribution < -0.4 is 4.74 Å². The Morgan fingerprint density at radius 3 is 2.66 bits per heavy atom. The number of hydrogen-bond acceptors (Lipinski definition) is 6. The first-order chi connectivity index (χ1) is 15.4. The molecule has 0 unspecified atom stereocenters. The van der Waals surface area contributed by atoms with E-state index in [9.17, 15) is 4.79 Å². The van der Waals surface area contributed by atoms with Crippen LogP contribution in [0, 0.1) is 0 Å². The van der Waals surface area contributed by atoms with Crippen molar-refractivity contribution in [2.45, 2.75) is 32.2 Å². The maximum absolute atomic E-state index is 12.0. The van der Waals surface area contributed by atoms with Crippen molar-refractivity contribution in [3.8, 4) is 22.7 Å². The summed E-state index contributed by atoms with van der Waals surface area (Å²) in [5.74, 6) is 0.306. The first-order valence-electron chi connectivity index (χ1n) is 10.3. The number of carbonyl (C=O) groups excluding carboxylic acids is 1. The smallest absolute Gasteiger partial charge is 0.337 e. The van der Waals surface area contributed by atoms with Gasteiger partial charge < -0.3 is 18.9 Å². The summed E-state index contributed by atoms with van der Waals surface area (Å²) in [7, 11) is 1.34. The second kappa shape index (κ2) is 9.32. The molecule has 2 heterocycles. The summed E-state index contributed by atoms with van der Waals surface area (Å²) in [6, 6.07) is 17.2. The van der Waals surface area contributed by atoms with Crippen molar-refractivity contribution in [1.29, 1.82) is 0 Å². The Bertz CT molecular complexity index is 1110. The standard InChI is InChI=1S/C24H25ClN2O5/c1-24(2,23(28)29-3)31-13-17-12-22(27(26-17)21-10-5-4-9-20(21)25)16-7-6-8-18(11-16)32-19-14-30-15-19/h4-12,19H,13-15H2,1-3H3. The summed E-state index contributed by atoms with van der Waals surface area (Å²) in [5, 5.41) is 5.29. The molecule has 168 valence electrons. The van der Waals surface area contributed by atoms with E-state index in [0.29, 0.717) is 23.9 Å². The number of esters is 1. The predicted octanol–water partition coefficient (Wildman–Crippen LogP) is 4.44. The molecule has 0 amide bonds. The van der Waals surface area contributed by atoms with Crippen molar-refractivity contribution in [2.75, 3.05) is 20.3 Å². The molecule has 3 aromatic rings. The van der Waals surface area contributed by atoms with Gasteiger partial charge in [-0.05, 0) is 44.2 Å². The van der Waals surface area contributed by atoms with E-state index >= 15 is 0 Å². The molecular formula is C24H25ClN2O5. The van der Waals surface area contributed by atoms with E-state index in [4.69, 9.17) is 35.6 Å². The van der Waals surface area contributed by atoms with E-state index in [1.165, 1.54) is 7.11 Å². The number of ether oxygens (including phenoxy) is 4. The third kappa shape index (κ3) is 4.80. The highest BCUT2D eigenvalue weighted by Gasteiger charge is 2.30. The fourth-order valence-electron chi connectivity index (χ4n) is 3.28. The second-order valence-electron chi connectivity index (χ2n) is 7.98. The zero-order valence-electron chi connectivity index (χ0n) is 18.2. The van der Waals surface area contributed by atoms with Gasteiger partial charge in [0.05, 0.1) is 49.0 Å². The highest BCUT2D eigenvalue weighted by atomic mass is 35.5. The molecular weight excluding hydrogens is 432 g/mol. The van der Waals surface area contributed by atoms with Crippen LogP contribution in [-0.4, -0.2) is 47.8 Å². The number of para-hydroxylation sites is 1. The molecule has 2 aromatic carbocycles. The largest absolute Gasteiger partial charge is 0.486 e. The lowest BCUT2D eigenvalue weighted by Gasteiger charge is -2.26. The molecule has 32 heavy (non-hydrogen) atoms. The van der Waals surface area contributed by atoms with Gasteiger partial charge in [0.15, 0.2) is 5.60 Å². The van der Waals surface area contributed by atoms with Gasteiger partial charge in [-0.2, -0.15) is 5.10 Å². The van der Waals surface area contributed by atoms with Crippen LogP contribution in [0.1, 0.15) is 19.5 Å². The Labute approximate surface area is 191 Å². The van der Waals surface area contributed by atoms with Crippen molar-refractivity contribution in [3.05, 3.63) is 65.3 Å². The van der Waals surface area contributed by atoms with Crippen LogP contribution in [0.4, 0.5) is 0 Å². The maximum Gasteiger partial charge on any atom is 0.337 e. The molecule has 0 saturated carbocycles. The van der Waals surface area contributed by atoms with E-state index < -0.39 is 11.6 Å². The van der Waals surface area contributed by atoms with Gasteiger partial charge in [-0.1, -0.05) is 35.9 Å². The number of halogens is 1. The fourth-order valence-corrected chi connectivity index (χ4v) is 3.49. The van der Waals surface area contributed by atoms with E-state index in [-0.39, 0.29) is 12.7 Å². The number of carbonyl (C=O) groups is 1. The zero-order valence-corrected chi connectivity index (χ0v) is 19.0. The minimum atomic E-state index is -1.10. The van der Waals surface area contributed by atoms with Crippen LogP contribution in [0.25, 0.3) is 16.9 Å². The van der Waals surface area contributed by atoms with Crippen LogP contribution in [0.3, 0.4) is 0 Å².